The van der Waals surface area contributed by atoms with Gasteiger partial charge in [-0.2, -0.15) is 0 Å². The Balaban J connectivity index is 1.82. The van der Waals surface area contributed by atoms with Crippen molar-refractivity contribution >= 4 is 23.6 Å². The van der Waals surface area contributed by atoms with Crippen LogP contribution in [-0.2, 0) is 14.3 Å². The van der Waals surface area contributed by atoms with Crippen LogP contribution in [0.1, 0.15) is 54.3 Å². The van der Waals surface area contributed by atoms with Crippen LogP contribution < -0.4 is 10.1 Å². The first kappa shape index (κ1) is 20.0. The molecule has 2 heterocycles. The predicted octanol–water partition coefficient (Wildman–Crippen LogP) is 1.53. The Bertz CT molecular complexity index is 832. The highest BCUT2D eigenvalue weighted by molar-refractivity contribution is 6.24. The molecule has 150 valence electrons. The van der Waals surface area contributed by atoms with Crippen LogP contribution in [0, 0.1) is 5.41 Å². The van der Waals surface area contributed by atoms with Gasteiger partial charge in [-0.3, -0.25) is 29.4 Å². The van der Waals surface area contributed by atoms with Gasteiger partial charge < -0.3 is 9.47 Å². The monoisotopic (exact) mass is 388 g/mol. The fourth-order valence-corrected chi connectivity index (χ4v) is 3.30. The Kier molecular flexibility index (Phi) is 5.51. The normalized spacial score (nSPS) is 19.7. The van der Waals surface area contributed by atoms with Crippen LogP contribution >= 0.6 is 0 Å². The van der Waals surface area contributed by atoms with E-state index in [2.05, 4.69) is 5.32 Å². The highest BCUT2D eigenvalue weighted by Gasteiger charge is 2.46. The molecule has 0 aliphatic carbocycles. The number of hydrogen-bond donors (Lipinski definition) is 1. The van der Waals surface area contributed by atoms with E-state index in [1.165, 1.54) is 0 Å². The quantitative estimate of drug-likeness (QED) is 0.711. The third-order valence-electron chi connectivity index (χ3n) is 4.75. The van der Waals surface area contributed by atoms with Gasteiger partial charge in [0.25, 0.3) is 11.8 Å². The van der Waals surface area contributed by atoms with E-state index in [0.29, 0.717) is 25.6 Å². The number of ether oxygens (including phenoxy) is 2. The maximum absolute atomic E-state index is 13.0. The van der Waals surface area contributed by atoms with Crippen LogP contribution in [0.25, 0.3) is 0 Å². The highest BCUT2D eigenvalue weighted by Crippen LogP contribution is 2.34. The molecule has 0 bridgehead atoms. The van der Waals surface area contributed by atoms with E-state index in [4.69, 9.17) is 9.47 Å². The number of carbonyl (C=O) groups is 4. The highest BCUT2D eigenvalue weighted by atomic mass is 16.5. The lowest BCUT2D eigenvalue weighted by atomic mass is 9.96. The lowest BCUT2D eigenvalue weighted by molar-refractivity contribution is -0.136. The summed E-state index contributed by atoms with van der Waals surface area (Å²) in [7, 11) is 0. The molecule has 2 aliphatic rings. The predicted molar refractivity (Wildman–Crippen MR) is 98.9 cm³/mol. The molecule has 0 saturated carbocycles. The van der Waals surface area contributed by atoms with Crippen LogP contribution in [0.5, 0.6) is 5.75 Å². The van der Waals surface area contributed by atoms with Crippen molar-refractivity contribution < 1.29 is 28.7 Å². The molecule has 1 atom stereocenters. The molecule has 1 saturated heterocycles. The zero-order valence-electron chi connectivity index (χ0n) is 16.2. The second-order valence-corrected chi connectivity index (χ2v) is 7.72. The standard InChI is InChI=1S/C20H24N2O6/c1-4-27-10-20(2,3)11-28-14-7-5-6-12-16(14)19(26)22(18(12)25)13-8-9-15(23)21-17(13)24/h5-7,13H,4,8-11H2,1-3H3,(H,21,23,24). The van der Waals surface area contributed by atoms with Crippen molar-refractivity contribution in [2.24, 2.45) is 5.41 Å². The number of nitrogens with zero attached hydrogens (tertiary/aromatic N) is 1. The SMILES string of the molecule is CCOCC(C)(C)COc1cccc2c1C(=O)N(C1CCC(=O)NC1=O)C2=O. The molecule has 1 fully saturated rings. The van der Waals surface area contributed by atoms with Crippen LogP contribution in [0.4, 0.5) is 0 Å². The molecule has 8 heteroatoms. The van der Waals surface area contributed by atoms with E-state index in [9.17, 15) is 19.2 Å². The Hall–Kier alpha value is -2.74. The summed E-state index contributed by atoms with van der Waals surface area (Å²) in [5.74, 6) is -1.86. The van der Waals surface area contributed by atoms with Crippen molar-refractivity contribution in [3.63, 3.8) is 0 Å². The zero-order valence-corrected chi connectivity index (χ0v) is 16.2. The lowest BCUT2D eigenvalue weighted by Gasteiger charge is -2.28. The summed E-state index contributed by atoms with van der Waals surface area (Å²) in [5.41, 5.74) is 0.0764. The van der Waals surface area contributed by atoms with Gasteiger partial charge in [0.1, 0.15) is 11.8 Å². The summed E-state index contributed by atoms with van der Waals surface area (Å²) in [6, 6.07) is 3.82. The molecule has 28 heavy (non-hydrogen) atoms. The van der Waals surface area contributed by atoms with E-state index in [1.54, 1.807) is 18.2 Å². The topological polar surface area (TPSA) is 102 Å². The van der Waals surface area contributed by atoms with Crippen LogP contribution in [0.2, 0.25) is 0 Å². The van der Waals surface area contributed by atoms with Gasteiger partial charge in [0, 0.05) is 18.4 Å². The number of hydrogen-bond acceptors (Lipinski definition) is 6. The van der Waals surface area contributed by atoms with Crippen molar-refractivity contribution in [1.82, 2.24) is 10.2 Å². The van der Waals surface area contributed by atoms with Gasteiger partial charge in [0.2, 0.25) is 11.8 Å². The fourth-order valence-electron chi connectivity index (χ4n) is 3.30. The van der Waals surface area contributed by atoms with Crippen molar-refractivity contribution in [1.29, 1.82) is 0 Å². The second kappa shape index (κ2) is 7.71. The first-order chi connectivity index (χ1) is 13.2. The molecule has 0 spiro atoms. The summed E-state index contributed by atoms with van der Waals surface area (Å²) in [5, 5.41) is 2.18. The zero-order chi connectivity index (χ0) is 20.5. The number of fused-ring (bicyclic) bond motifs is 1. The first-order valence-corrected chi connectivity index (χ1v) is 9.30. The number of carbonyl (C=O) groups excluding carboxylic acids is 4. The summed E-state index contributed by atoms with van der Waals surface area (Å²) >= 11 is 0. The molecule has 3 rings (SSSR count). The van der Waals surface area contributed by atoms with Crippen molar-refractivity contribution in [3.05, 3.63) is 29.3 Å². The fraction of sp³-hybridized carbons (Fsp3) is 0.500. The molecule has 4 amide bonds. The number of piperidine rings is 1. The number of benzene rings is 1. The second-order valence-electron chi connectivity index (χ2n) is 7.72. The van der Waals surface area contributed by atoms with Gasteiger partial charge in [-0.15, -0.1) is 0 Å². The molecule has 0 aromatic heterocycles. The van der Waals surface area contributed by atoms with Crippen molar-refractivity contribution in [3.8, 4) is 5.75 Å². The summed E-state index contributed by atoms with van der Waals surface area (Å²) in [6.07, 6.45) is 0.201. The number of amides is 4. The Morgan fingerprint density at radius 1 is 1.14 bits per heavy atom. The molecule has 0 radical (unpaired) electrons. The molecule has 2 aliphatic heterocycles. The maximum atomic E-state index is 13.0. The molecule has 1 N–H and O–H groups in total. The maximum Gasteiger partial charge on any atom is 0.266 e. The average molecular weight is 388 g/mol. The molecule has 1 unspecified atom stereocenters. The van der Waals surface area contributed by atoms with Gasteiger partial charge in [0.15, 0.2) is 0 Å². The van der Waals surface area contributed by atoms with Crippen molar-refractivity contribution in [2.75, 3.05) is 19.8 Å². The minimum atomic E-state index is -0.993. The molecular weight excluding hydrogens is 364 g/mol. The van der Waals surface area contributed by atoms with E-state index >= 15 is 0 Å². The Morgan fingerprint density at radius 3 is 2.57 bits per heavy atom. The van der Waals surface area contributed by atoms with E-state index < -0.39 is 29.7 Å². The third-order valence-corrected chi connectivity index (χ3v) is 4.75. The Labute approximate surface area is 163 Å². The van der Waals surface area contributed by atoms with Gasteiger partial charge in [-0.25, -0.2) is 0 Å². The van der Waals surface area contributed by atoms with Gasteiger partial charge in [-0.1, -0.05) is 19.9 Å². The Morgan fingerprint density at radius 2 is 1.89 bits per heavy atom. The lowest BCUT2D eigenvalue weighted by Crippen LogP contribution is -2.54. The smallest absolute Gasteiger partial charge is 0.266 e. The molecule has 1 aromatic carbocycles. The molecule has 1 aromatic rings. The van der Waals surface area contributed by atoms with Crippen LogP contribution in [0.3, 0.4) is 0 Å². The van der Waals surface area contributed by atoms with E-state index in [-0.39, 0.29) is 29.4 Å². The van der Waals surface area contributed by atoms with E-state index in [0.717, 1.165) is 4.90 Å². The largest absolute Gasteiger partial charge is 0.492 e. The van der Waals surface area contributed by atoms with Gasteiger partial charge >= 0.3 is 0 Å². The summed E-state index contributed by atoms with van der Waals surface area (Å²) in [4.78, 5) is 50.2. The third kappa shape index (κ3) is 3.77. The summed E-state index contributed by atoms with van der Waals surface area (Å²) in [6.45, 7) is 7.26. The van der Waals surface area contributed by atoms with Crippen molar-refractivity contribution in [2.45, 2.75) is 39.7 Å². The van der Waals surface area contributed by atoms with Crippen LogP contribution in [0.15, 0.2) is 18.2 Å². The molecular formula is C20H24N2O6. The number of imide groups is 2. The number of nitrogens with one attached hydrogen (secondary N) is 1. The number of rotatable bonds is 7. The van der Waals surface area contributed by atoms with Crippen LogP contribution in [-0.4, -0.2) is 54.4 Å². The summed E-state index contributed by atoms with van der Waals surface area (Å²) < 4.78 is 11.3. The average Bonchev–Trinajstić information content (AvgIpc) is 2.90. The van der Waals surface area contributed by atoms with Gasteiger partial charge in [0.05, 0.1) is 24.3 Å². The minimum absolute atomic E-state index is 0.0821. The van der Waals surface area contributed by atoms with Gasteiger partial charge in [-0.05, 0) is 25.5 Å². The first-order valence-electron chi connectivity index (χ1n) is 9.30. The molecule has 8 nitrogen and oxygen atoms in total. The van der Waals surface area contributed by atoms with E-state index in [1.807, 2.05) is 20.8 Å². The minimum Gasteiger partial charge on any atom is -0.492 e.